The number of amides is 2. The zero-order valence-corrected chi connectivity index (χ0v) is 11.2. The molecule has 106 valence electrons. The first-order chi connectivity index (χ1) is 9.45. The number of carbonyl (C=O) groups excluding carboxylic acids is 2. The molecule has 0 aliphatic rings. The minimum Gasteiger partial charge on any atom is -0.480 e. The first kappa shape index (κ1) is 14.0. The molecule has 0 atom stereocenters. The van der Waals surface area contributed by atoms with Crippen molar-refractivity contribution in [3.8, 4) is 0 Å². The van der Waals surface area contributed by atoms with Crippen LogP contribution >= 0.6 is 11.3 Å². The number of imidazole rings is 1. The molecule has 0 saturated carbocycles. The van der Waals surface area contributed by atoms with Crippen molar-refractivity contribution in [2.45, 2.75) is 6.42 Å². The van der Waals surface area contributed by atoms with Gasteiger partial charge in [0.2, 0.25) is 11.8 Å². The van der Waals surface area contributed by atoms with E-state index in [4.69, 9.17) is 10.8 Å². The summed E-state index contributed by atoms with van der Waals surface area (Å²) < 4.78 is 1.77. The lowest BCUT2D eigenvalue weighted by atomic mass is 10.3. The third-order valence-corrected chi connectivity index (χ3v) is 3.27. The zero-order valence-electron chi connectivity index (χ0n) is 10.4. The number of aliphatic carboxylic acids is 1. The van der Waals surface area contributed by atoms with Gasteiger partial charge in [0.1, 0.15) is 6.54 Å². The predicted molar refractivity (Wildman–Crippen MR) is 70.2 cm³/mol. The van der Waals surface area contributed by atoms with Crippen LogP contribution in [0, 0.1) is 0 Å². The van der Waals surface area contributed by atoms with E-state index in [0.717, 1.165) is 9.86 Å². The van der Waals surface area contributed by atoms with Crippen LogP contribution in [-0.2, 0) is 20.8 Å². The van der Waals surface area contributed by atoms with Gasteiger partial charge in [0, 0.05) is 17.8 Å². The molecule has 2 aromatic heterocycles. The van der Waals surface area contributed by atoms with Crippen LogP contribution in [0.2, 0.25) is 0 Å². The van der Waals surface area contributed by atoms with Crippen LogP contribution in [0.1, 0.15) is 5.69 Å². The second kappa shape index (κ2) is 5.70. The molecule has 0 radical (unpaired) electrons. The lowest BCUT2D eigenvalue weighted by molar-refractivity contribution is -0.145. The quantitative estimate of drug-likeness (QED) is 0.733. The maximum Gasteiger partial charge on any atom is 0.323 e. The number of thiazole rings is 1. The predicted octanol–water partition coefficient (Wildman–Crippen LogP) is -0.663. The van der Waals surface area contributed by atoms with Gasteiger partial charge in [0.15, 0.2) is 4.96 Å². The van der Waals surface area contributed by atoms with E-state index in [1.807, 2.05) is 5.38 Å². The smallest absolute Gasteiger partial charge is 0.323 e. The topological polar surface area (TPSA) is 118 Å². The molecule has 20 heavy (non-hydrogen) atoms. The lowest BCUT2D eigenvalue weighted by Gasteiger charge is -2.18. The van der Waals surface area contributed by atoms with Gasteiger partial charge in [-0.05, 0) is 0 Å². The molecule has 0 spiro atoms. The number of carboxylic acid groups (broad SMARTS) is 1. The Kier molecular flexibility index (Phi) is 3.99. The SMILES string of the molecule is NC(=O)CN(CC(=O)O)C(=O)Cc1cn2ccsc2n1. The van der Waals surface area contributed by atoms with Crippen molar-refractivity contribution >= 4 is 34.1 Å². The monoisotopic (exact) mass is 296 g/mol. The number of fused-ring (bicyclic) bond motifs is 1. The highest BCUT2D eigenvalue weighted by Gasteiger charge is 2.20. The number of nitrogens with two attached hydrogens (primary N) is 1. The number of hydrogen-bond acceptors (Lipinski definition) is 5. The van der Waals surface area contributed by atoms with Crippen LogP contribution in [-0.4, -0.2) is 50.3 Å². The van der Waals surface area contributed by atoms with Crippen molar-refractivity contribution in [2.24, 2.45) is 5.73 Å². The molecule has 3 N–H and O–H groups in total. The molecular weight excluding hydrogens is 284 g/mol. The van der Waals surface area contributed by atoms with Crippen LogP contribution in [0.4, 0.5) is 0 Å². The molecule has 0 saturated heterocycles. The van der Waals surface area contributed by atoms with Gasteiger partial charge < -0.3 is 15.7 Å². The van der Waals surface area contributed by atoms with E-state index in [0.29, 0.717) is 5.69 Å². The molecule has 0 fully saturated rings. The van der Waals surface area contributed by atoms with Crippen LogP contribution in [0.15, 0.2) is 17.8 Å². The second-order valence-electron chi connectivity index (χ2n) is 4.11. The summed E-state index contributed by atoms with van der Waals surface area (Å²) in [5.41, 5.74) is 5.52. The first-order valence-electron chi connectivity index (χ1n) is 5.64. The summed E-state index contributed by atoms with van der Waals surface area (Å²) >= 11 is 1.42. The Labute approximate surface area is 117 Å². The summed E-state index contributed by atoms with van der Waals surface area (Å²) in [7, 11) is 0. The highest BCUT2D eigenvalue weighted by atomic mass is 32.1. The number of hydrogen-bond donors (Lipinski definition) is 2. The normalized spacial score (nSPS) is 10.6. The third-order valence-electron chi connectivity index (χ3n) is 2.50. The van der Waals surface area contributed by atoms with Gasteiger partial charge >= 0.3 is 5.97 Å². The number of nitrogens with zero attached hydrogens (tertiary/aromatic N) is 3. The van der Waals surface area contributed by atoms with Crippen molar-refractivity contribution in [2.75, 3.05) is 13.1 Å². The summed E-state index contributed by atoms with van der Waals surface area (Å²) in [4.78, 5) is 39.4. The standard InChI is InChI=1S/C11H12N4O4S/c12-8(16)5-15(6-10(18)19)9(17)3-7-4-14-1-2-20-11(14)13-7/h1-2,4H,3,5-6H2,(H2,12,16)(H,18,19). The van der Waals surface area contributed by atoms with E-state index in [1.54, 1.807) is 16.8 Å². The number of rotatable bonds is 6. The molecule has 0 aromatic carbocycles. The fourth-order valence-corrected chi connectivity index (χ4v) is 2.43. The van der Waals surface area contributed by atoms with Crippen LogP contribution in [0.25, 0.3) is 4.96 Å². The molecule has 9 heteroatoms. The van der Waals surface area contributed by atoms with Crippen LogP contribution in [0.3, 0.4) is 0 Å². The van der Waals surface area contributed by atoms with Gasteiger partial charge in [-0.1, -0.05) is 0 Å². The Morgan fingerprint density at radius 3 is 2.75 bits per heavy atom. The Bertz CT molecular complexity index is 618. The molecule has 0 aliphatic heterocycles. The van der Waals surface area contributed by atoms with Gasteiger partial charge in [-0.25, -0.2) is 4.98 Å². The molecular formula is C11H12N4O4S. The Balaban J connectivity index is 2.08. The molecule has 2 aromatic rings. The molecule has 2 rings (SSSR count). The van der Waals surface area contributed by atoms with E-state index >= 15 is 0 Å². The van der Waals surface area contributed by atoms with Gasteiger partial charge in [-0.3, -0.25) is 18.8 Å². The minimum absolute atomic E-state index is 0.0744. The van der Waals surface area contributed by atoms with Crippen LogP contribution in [0.5, 0.6) is 0 Å². The van der Waals surface area contributed by atoms with Gasteiger partial charge in [0.25, 0.3) is 0 Å². The second-order valence-corrected chi connectivity index (χ2v) is 4.98. The number of carbonyl (C=O) groups is 3. The summed E-state index contributed by atoms with van der Waals surface area (Å²) in [5, 5.41) is 10.6. The average Bonchev–Trinajstić information content (AvgIpc) is 2.87. The summed E-state index contributed by atoms with van der Waals surface area (Å²) in [6, 6.07) is 0. The van der Waals surface area contributed by atoms with Gasteiger partial charge in [0.05, 0.1) is 18.7 Å². The molecule has 0 aliphatic carbocycles. The van der Waals surface area contributed by atoms with E-state index in [9.17, 15) is 14.4 Å². The minimum atomic E-state index is -1.20. The highest BCUT2D eigenvalue weighted by molar-refractivity contribution is 7.15. The van der Waals surface area contributed by atoms with Gasteiger partial charge in [-0.15, -0.1) is 11.3 Å². The van der Waals surface area contributed by atoms with Gasteiger partial charge in [-0.2, -0.15) is 0 Å². The number of primary amides is 1. The molecule has 2 amide bonds. The summed E-state index contributed by atoms with van der Waals surface area (Å²) in [5.74, 6) is -2.46. The van der Waals surface area contributed by atoms with E-state index in [2.05, 4.69) is 4.98 Å². The van der Waals surface area contributed by atoms with Crippen molar-refractivity contribution in [1.82, 2.24) is 14.3 Å². The molecule has 8 nitrogen and oxygen atoms in total. The largest absolute Gasteiger partial charge is 0.480 e. The number of carboxylic acids is 1. The molecule has 2 heterocycles. The Morgan fingerprint density at radius 2 is 2.15 bits per heavy atom. The van der Waals surface area contributed by atoms with Crippen molar-refractivity contribution < 1.29 is 19.5 Å². The highest BCUT2D eigenvalue weighted by Crippen LogP contribution is 2.12. The Morgan fingerprint density at radius 1 is 1.40 bits per heavy atom. The molecule has 0 unspecified atom stereocenters. The first-order valence-corrected chi connectivity index (χ1v) is 6.52. The Hall–Kier alpha value is -2.42. The zero-order chi connectivity index (χ0) is 14.7. The van der Waals surface area contributed by atoms with E-state index < -0.39 is 30.9 Å². The lowest BCUT2D eigenvalue weighted by Crippen LogP contribution is -2.42. The van der Waals surface area contributed by atoms with Crippen molar-refractivity contribution in [3.63, 3.8) is 0 Å². The van der Waals surface area contributed by atoms with E-state index in [1.165, 1.54) is 11.3 Å². The molecule has 0 bridgehead atoms. The fraction of sp³-hybridized carbons (Fsp3) is 0.273. The summed E-state index contributed by atoms with van der Waals surface area (Å²) in [6.07, 6.45) is 3.42. The average molecular weight is 296 g/mol. The summed E-state index contributed by atoms with van der Waals surface area (Å²) in [6.45, 7) is -0.989. The fourth-order valence-electron chi connectivity index (χ4n) is 1.71. The van der Waals surface area contributed by atoms with Crippen LogP contribution < -0.4 is 5.73 Å². The maximum absolute atomic E-state index is 12.0. The maximum atomic E-state index is 12.0. The third kappa shape index (κ3) is 3.32. The van der Waals surface area contributed by atoms with Crippen molar-refractivity contribution in [1.29, 1.82) is 0 Å². The number of aromatic nitrogens is 2. The van der Waals surface area contributed by atoms with E-state index in [-0.39, 0.29) is 6.42 Å². The van der Waals surface area contributed by atoms with Crippen molar-refractivity contribution in [3.05, 3.63) is 23.5 Å².